The van der Waals surface area contributed by atoms with Crippen molar-refractivity contribution < 1.29 is 9.53 Å². The molecule has 1 heterocycles. The Morgan fingerprint density at radius 1 is 1.00 bits per heavy atom. The molecule has 1 aromatic heterocycles. The molecule has 0 aliphatic carbocycles. The maximum absolute atomic E-state index is 11.9. The van der Waals surface area contributed by atoms with Crippen molar-refractivity contribution in [2.24, 2.45) is 0 Å². The Kier molecular flexibility index (Phi) is 5.25. The first-order valence-electron chi connectivity index (χ1n) is 7.76. The number of carbonyl (C=O) groups is 1. The predicted octanol–water partition coefficient (Wildman–Crippen LogP) is 4.38. The van der Waals surface area contributed by atoms with Crippen LogP contribution in [0.4, 0.5) is 15.6 Å². The highest BCUT2D eigenvalue weighted by Crippen LogP contribution is 2.24. The van der Waals surface area contributed by atoms with E-state index >= 15 is 0 Å². The average molecular weight is 354 g/mol. The lowest BCUT2D eigenvalue weighted by Gasteiger charge is -2.10. The van der Waals surface area contributed by atoms with Gasteiger partial charge >= 0.3 is 6.03 Å². The SMILES string of the molecule is Cc1cccc(C)c1OCc1nnc(NC(=O)Nc2ccccc2)s1. The molecule has 128 valence electrons. The molecule has 7 heteroatoms. The monoisotopic (exact) mass is 354 g/mol. The summed E-state index contributed by atoms with van der Waals surface area (Å²) in [5.74, 6) is 0.856. The summed E-state index contributed by atoms with van der Waals surface area (Å²) in [6.45, 7) is 4.32. The van der Waals surface area contributed by atoms with Crippen molar-refractivity contribution in [2.45, 2.75) is 20.5 Å². The zero-order chi connectivity index (χ0) is 17.6. The number of aryl methyl sites for hydroxylation is 2. The quantitative estimate of drug-likeness (QED) is 0.713. The molecule has 2 amide bonds. The summed E-state index contributed by atoms with van der Waals surface area (Å²) < 4.78 is 5.85. The number of nitrogens with one attached hydrogen (secondary N) is 2. The number of carbonyl (C=O) groups excluding carboxylic acids is 1. The highest BCUT2D eigenvalue weighted by molar-refractivity contribution is 7.15. The summed E-state index contributed by atoms with van der Waals surface area (Å²) in [5.41, 5.74) is 2.86. The minimum absolute atomic E-state index is 0.311. The largest absolute Gasteiger partial charge is 0.486 e. The molecule has 0 saturated carbocycles. The van der Waals surface area contributed by atoms with E-state index in [-0.39, 0.29) is 6.03 Å². The summed E-state index contributed by atoms with van der Waals surface area (Å²) in [6, 6.07) is 14.9. The van der Waals surface area contributed by atoms with Crippen LogP contribution in [0.25, 0.3) is 0 Å². The van der Waals surface area contributed by atoms with Gasteiger partial charge in [-0.1, -0.05) is 47.7 Å². The van der Waals surface area contributed by atoms with Crippen molar-refractivity contribution >= 4 is 28.2 Å². The van der Waals surface area contributed by atoms with Gasteiger partial charge in [0.1, 0.15) is 12.4 Å². The lowest BCUT2D eigenvalue weighted by Crippen LogP contribution is -2.19. The van der Waals surface area contributed by atoms with Crippen LogP contribution >= 0.6 is 11.3 Å². The average Bonchev–Trinajstić information content (AvgIpc) is 3.02. The standard InChI is InChI=1S/C18H18N4O2S/c1-12-7-6-8-13(2)16(12)24-11-15-21-22-18(25-15)20-17(23)19-14-9-4-3-5-10-14/h3-10H,11H2,1-2H3,(H2,19,20,22,23). The second-order valence-corrected chi connectivity index (χ2v) is 6.52. The van der Waals surface area contributed by atoms with Crippen LogP contribution in [0.2, 0.25) is 0 Å². The van der Waals surface area contributed by atoms with Crippen LogP contribution in [-0.4, -0.2) is 16.2 Å². The van der Waals surface area contributed by atoms with Gasteiger partial charge in [0, 0.05) is 5.69 Å². The summed E-state index contributed by atoms with van der Waals surface area (Å²) >= 11 is 1.28. The molecule has 0 atom stereocenters. The molecule has 3 aromatic rings. The molecule has 3 rings (SSSR count). The molecule has 0 aliphatic rings. The normalized spacial score (nSPS) is 10.3. The molecule has 0 saturated heterocycles. The fraction of sp³-hybridized carbons (Fsp3) is 0.167. The lowest BCUT2D eigenvalue weighted by molar-refractivity contribution is 0.262. The molecular weight excluding hydrogens is 336 g/mol. The summed E-state index contributed by atoms with van der Waals surface area (Å²) in [7, 11) is 0. The molecule has 0 bridgehead atoms. The van der Waals surface area contributed by atoms with Crippen molar-refractivity contribution in [3.8, 4) is 5.75 Å². The Morgan fingerprint density at radius 2 is 1.72 bits per heavy atom. The molecule has 6 nitrogen and oxygen atoms in total. The molecule has 0 unspecified atom stereocenters. The highest BCUT2D eigenvalue weighted by Gasteiger charge is 2.10. The van der Waals surface area contributed by atoms with Crippen molar-refractivity contribution in [2.75, 3.05) is 10.6 Å². The van der Waals surface area contributed by atoms with Crippen LogP contribution in [0, 0.1) is 13.8 Å². The maximum atomic E-state index is 11.9. The molecule has 0 fully saturated rings. The molecular formula is C18H18N4O2S. The van der Waals surface area contributed by atoms with E-state index in [0.29, 0.717) is 22.4 Å². The van der Waals surface area contributed by atoms with E-state index in [2.05, 4.69) is 20.8 Å². The minimum atomic E-state index is -0.357. The third-order valence-electron chi connectivity index (χ3n) is 3.47. The number of hydrogen-bond donors (Lipinski definition) is 2. The maximum Gasteiger partial charge on any atom is 0.325 e. The Hall–Kier alpha value is -2.93. The number of ether oxygens (including phenoxy) is 1. The number of para-hydroxylation sites is 2. The molecule has 2 N–H and O–H groups in total. The van der Waals surface area contributed by atoms with E-state index in [9.17, 15) is 4.79 Å². The zero-order valence-corrected chi connectivity index (χ0v) is 14.8. The topological polar surface area (TPSA) is 76.1 Å². The number of nitrogens with zero attached hydrogens (tertiary/aromatic N) is 2. The van der Waals surface area contributed by atoms with Gasteiger partial charge in [-0.05, 0) is 37.1 Å². The first-order chi connectivity index (χ1) is 12.1. The number of aromatic nitrogens is 2. The number of benzene rings is 2. The number of urea groups is 1. The van der Waals surface area contributed by atoms with E-state index in [4.69, 9.17) is 4.74 Å². The van der Waals surface area contributed by atoms with Crippen molar-refractivity contribution in [3.63, 3.8) is 0 Å². The summed E-state index contributed by atoms with van der Waals surface area (Å²) in [5, 5.41) is 14.5. The van der Waals surface area contributed by atoms with Gasteiger partial charge in [-0.15, -0.1) is 10.2 Å². The van der Waals surface area contributed by atoms with Gasteiger partial charge in [-0.3, -0.25) is 5.32 Å². The summed E-state index contributed by atoms with van der Waals surface area (Å²) in [4.78, 5) is 11.9. The minimum Gasteiger partial charge on any atom is -0.486 e. The van der Waals surface area contributed by atoms with Crippen LogP contribution in [-0.2, 0) is 6.61 Å². The van der Waals surface area contributed by atoms with Crippen molar-refractivity contribution in [1.29, 1.82) is 0 Å². The Bertz CT molecular complexity index is 844. The van der Waals surface area contributed by atoms with E-state index in [0.717, 1.165) is 16.9 Å². The van der Waals surface area contributed by atoms with Crippen LogP contribution < -0.4 is 15.4 Å². The van der Waals surface area contributed by atoms with Gasteiger partial charge in [0.05, 0.1) is 0 Å². The van der Waals surface area contributed by atoms with Crippen LogP contribution in [0.1, 0.15) is 16.1 Å². The number of rotatable bonds is 5. The van der Waals surface area contributed by atoms with Crippen LogP contribution in [0.3, 0.4) is 0 Å². The van der Waals surface area contributed by atoms with Gasteiger partial charge < -0.3 is 10.1 Å². The smallest absolute Gasteiger partial charge is 0.325 e. The van der Waals surface area contributed by atoms with E-state index in [1.165, 1.54) is 11.3 Å². The van der Waals surface area contributed by atoms with Crippen molar-refractivity contribution in [3.05, 3.63) is 64.7 Å². The highest BCUT2D eigenvalue weighted by atomic mass is 32.1. The van der Waals surface area contributed by atoms with E-state index in [1.54, 1.807) is 0 Å². The van der Waals surface area contributed by atoms with Crippen molar-refractivity contribution in [1.82, 2.24) is 10.2 Å². The second-order valence-electron chi connectivity index (χ2n) is 5.46. The molecule has 2 aromatic carbocycles. The van der Waals surface area contributed by atoms with Gasteiger partial charge in [0.15, 0.2) is 5.01 Å². The fourth-order valence-corrected chi connectivity index (χ4v) is 2.95. The first kappa shape index (κ1) is 16.9. The Labute approximate surface area is 149 Å². The first-order valence-corrected chi connectivity index (χ1v) is 8.58. The van der Waals surface area contributed by atoms with E-state index < -0.39 is 0 Å². The van der Waals surface area contributed by atoms with Crippen LogP contribution in [0.15, 0.2) is 48.5 Å². The van der Waals surface area contributed by atoms with Gasteiger partial charge in [-0.2, -0.15) is 0 Å². The van der Waals surface area contributed by atoms with Crippen LogP contribution in [0.5, 0.6) is 5.75 Å². The van der Waals surface area contributed by atoms with Gasteiger partial charge in [0.2, 0.25) is 5.13 Å². The summed E-state index contributed by atoms with van der Waals surface area (Å²) in [6.07, 6.45) is 0. The zero-order valence-electron chi connectivity index (χ0n) is 13.9. The van der Waals surface area contributed by atoms with E-state index in [1.807, 2.05) is 62.4 Å². The molecule has 0 radical (unpaired) electrons. The molecule has 25 heavy (non-hydrogen) atoms. The number of amides is 2. The Morgan fingerprint density at radius 3 is 2.44 bits per heavy atom. The molecule has 0 spiro atoms. The van der Waals surface area contributed by atoms with Gasteiger partial charge in [-0.25, -0.2) is 4.79 Å². The third-order valence-corrected chi connectivity index (χ3v) is 4.28. The predicted molar refractivity (Wildman–Crippen MR) is 99.2 cm³/mol. The fourth-order valence-electron chi connectivity index (χ4n) is 2.30. The number of anilines is 2. The molecule has 0 aliphatic heterocycles. The third kappa shape index (κ3) is 4.54. The number of hydrogen-bond acceptors (Lipinski definition) is 5. The Balaban J connectivity index is 1.56. The second kappa shape index (κ2) is 7.76. The van der Waals surface area contributed by atoms with Gasteiger partial charge in [0.25, 0.3) is 0 Å². The lowest BCUT2D eigenvalue weighted by atomic mass is 10.1.